The van der Waals surface area contributed by atoms with Gasteiger partial charge in [0.15, 0.2) is 6.23 Å². The molecule has 21 heavy (non-hydrogen) atoms. The molecule has 0 unspecified atom stereocenters. The Morgan fingerprint density at radius 3 is 2.52 bits per heavy atom. The number of nitrogens with one attached hydrogen (secondary N) is 1. The highest BCUT2D eigenvalue weighted by molar-refractivity contribution is 9.10. The quantitative estimate of drug-likeness (QED) is 0.517. The molecular weight excluding hydrogens is 348 g/mol. The van der Waals surface area contributed by atoms with E-state index in [0.717, 1.165) is 4.57 Å². The first-order valence-corrected chi connectivity index (χ1v) is 7.14. The number of hydrogen-bond donors (Lipinski definition) is 4. The second-order valence-electron chi connectivity index (χ2n) is 5.96. The standard InChI is InChI=1S/C12H15BrN2O6/c1-10(2)11(19)6(4-16)21-8(12(10,11)20)15-3-5(13)7(17)14-9(15)18/h3,6,8,16,19-20H,4H2,1-2H3,(H,14,17,18)/t6-,8-,11+,12-/m1/s1. The number of nitrogens with zero attached hydrogens (tertiary/aromatic N) is 1. The van der Waals surface area contributed by atoms with Crippen molar-refractivity contribution in [3.05, 3.63) is 31.5 Å². The molecule has 9 heteroatoms. The van der Waals surface area contributed by atoms with E-state index < -0.39 is 46.8 Å². The zero-order valence-electron chi connectivity index (χ0n) is 11.3. The van der Waals surface area contributed by atoms with Crippen LogP contribution in [0, 0.1) is 5.41 Å². The number of aliphatic hydroxyl groups excluding tert-OH is 1. The summed E-state index contributed by atoms with van der Waals surface area (Å²) in [5.74, 6) is 0. The highest BCUT2D eigenvalue weighted by atomic mass is 79.9. The van der Waals surface area contributed by atoms with Crippen molar-refractivity contribution < 1.29 is 20.1 Å². The van der Waals surface area contributed by atoms with E-state index in [-0.39, 0.29) is 4.47 Å². The first kappa shape index (κ1) is 14.9. The van der Waals surface area contributed by atoms with Gasteiger partial charge in [0.1, 0.15) is 17.3 Å². The van der Waals surface area contributed by atoms with Gasteiger partial charge in [0.05, 0.1) is 11.1 Å². The molecule has 2 heterocycles. The lowest BCUT2D eigenvalue weighted by Gasteiger charge is -2.27. The number of aromatic amines is 1. The first-order valence-electron chi connectivity index (χ1n) is 6.35. The zero-order valence-corrected chi connectivity index (χ0v) is 12.9. The fraction of sp³-hybridized carbons (Fsp3) is 0.667. The minimum absolute atomic E-state index is 0.0868. The van der Waals surface area contributed by atoms with Crippen molar-refractivity contribution in [2.24, 2.45) is 5.41 Å². The monoisotopic (exact) mass is 362 g/mol. The van der Waals surface area contributed by atoms with Crippen molar-refractivity contribution in [3.63, 3.8) is 0 Å². The number of hydrogen-bond acceptors (Lipinski definition) is 6. The molecule has 1 saturated heterocycles. The molecule has 0 spiro atoms. The lowest BCUT2D eigenvalue weighted by atomic mass is 10.0. The van der Waals surface area contributed by atoms with E-state index in [1.165, 1.54) is 6.20 Å². The number of H-pyrrole nitrogens is 1. The van der Waals surface area contributed by atoms with Crippen LogP contribution in [0.3, 0.4) is 0 Å². The van der Waals surface area contributed by atoms with Gasteiger partial charge in [-0.1, -0.05) is 13.8 Å². The Hall–Kier alpha value is -1.00. The molecule has 2 fully saturated rings. The van der Waals surface area contributed by atoms with E-state index in [2.05, 4.69) is 20.9 Å². The number of fused-ring (bicyclic) bond motifs is 1. The second-order valence-corrected chi connectivity index (χ2v) is 6.82. The third kappa shape index (κ3) is 1.43. The predicted molar refractivity (Wildman–Crippen MR) is 73.7 cm³/mol. The van der Waals surface area contributed by atoms with Crippen LogP contribution in [0.4, 0.5) is 0 Å². The minimum Gasteiger partial charge on any atom is -0.394 e. The van der Waals surface area contributed by atoms with Crippen molar-refractivity contribution in [2.45, 2.75) is 37.4 Å². The summed E-state index contributed by atoms with van der Waals surface area (Å²) in [6.07, 6.45) is -1.05. The summed E-state index contributed by atoms with van der Waals surface area (Å²) >= 11 is 3.00. The molecule has 4 atom stereocenters. The third-order valence-electron chi connectivity index (χ3n) is 4.88. The number of halogens is 1. The summed E-state index contributed by atoms with van der Waals surface area (Å²) in [5, 5.41) is 30.8. The molecule has 1 aliphatic carbocycles. The predicted octanol–water partition coefficient (Wildman–Crippen LogP) is -1.31. The van der Waals surface area contributed by atoms with Crippen LogP contribution < -0.4 is 11.2 Å². The average molecular weight is 363 g/mol. The van der Waals surface area contributed by atoms with Gasteiger partial charge in [-0.3, -0.25) is 14.3 Å². The van der Waals surface area contributed by atoms with E-state index in [1.807, 2.05) is 0 Å². The fourth-order valence-corrected chi connectivity index (χ4v) is 3.79. The van der Waals surface area contributed by atoms with Gasteiger partial charge in [0.25, 0.3) is 5.56 Å². The molecule has 4 N–H and O–H groups in total. The molecule has 1 aliphatic heterocycles. The van der Waals surface area contributed by atoms with Crippen molar-refractivity contribution in [3.8, 4) is 0 Å². The molecule has 0 aromatic carbocycles. The maximum atomic E-state index is 11.9. The maximum Gasteiger partial charge on any atom is 0.330 e. The summed E-state index contributed by atoms with van der Waals surface area (Å²) in [6.45, 7) is 2.74. The van der Waals surface area contributed by atoms with Gasteiger partial charge in [-0.2, -0.15) is 0 Å². The maximum absolute atomic E-state index is 11.9. The summed E-state index contributed by atoms with van der Waals surface area (Å²) < 4.78 is 6.53. The molecule has 1 saturated carbocycles. The van der Waals surface area contributed by atoms with E-state index >= 15 is 0 Å². The number of ether oxygens (including phenoxy) is 1. The van der Waals surface area contributed by atoms with Gasteiger partial charge in [-0.05, 0) is 15.9 Å². The number of aliphatic hydroxyl groups is 3. The Balaban J connectivity index is 2.16. The molecule has 0 bridgehead atoms. The molecular formula is C12H15BrN2O6. The fourth-order valence-electron chi connectivity index (χ4n) is 3.47. The average Bonchev–Trinajstić information content (AvgIpc) is 2.65. The Morgan fingerprint density at radius 1 is 1.38 bits per heavy atom. The lowest BCUT2D eigenvalue weighted by molar-refractivity contribution is -0.126. The van der Waals surface area contributed by atoms with Crippen LogP contribution in [-0.2, 0) is 4.74 Å². The normalized spacial score (nSPS) is 40.1. The van der Waals surface area contributed by atoms with Crippen LogP contribution in [0.5, 0.6) is 0 Å². The molecule has 116 valence electrons. The molecule has 1 aromatic heterocycles. The zero-order chi connectivity index (χ0) is 15.8. The van der Waals surface area contributed by atoms with Crippen molar-refractivity contribution >= 4 is 15.9 Å². The van der Waals surface area contributed by atoms with Crippen molar-refractivity contribution in [1.82, 2.24) is 9.55 Å². The highest BCUT2D eigenvalue weighted by Gasteiger charge is 2.92. The van der Waals surface area contributed by atoms with Crippen LogP contribution in [-0.4, -0.2) is 48.8 Å². The van der Waals surface area contributed by atoms with Crippen molar-refractivity contribution in [1.29, 1.82) is 0 Å². The second kappa shape index (κ2) is 4.05. The molecule has 1 aromatic rings. The first-order chi connectivity index (χ1) is 9.62. The Kier molecular flexibility index (Phi) is 2.88. The summed E-state index contributed by atoms with van der Waals surface area (Å²) in [5.41, 5.74) is -5.76. The minimum atomic E-state index is -1.74. The Labute approximate surface area is 127 Å². The highest BCUT2D eigenvalue weighted by Crippen LogP contribution is 2.75. The van der Waals surface area contributed by atoms with Crippen LogP contribution >= 0.6 is 15.9 Å². The van der Waals surface area contributed by atoms with E-state index in [9.17, 15) is 24.9 Å². The molecule has 0 amide bonds. The van der Waals surface area contributed by atoms with Crippen LogP contribution in [0.1, 0.15) is 20.1 Å². The topological polar surface area (TPSA) is 125 Å². The third-order valence-corrected chi connectivity index (χ3v) is 5.45. The van der Waals surface area contributed by atoms with E-state index in [1.54, 1.807) is 13.8 Å². The lowest BCUT2D eigenvalue weighted by Crippen LogP contribution is -2.40. The summed E-state index contributed by atoms with van der Waals surface area (Å²) in [6, 6.07) is 0. The number of rotatable bonds is 2. The number of aromatic nitrogens is 2. The van der Waals surface area contributed by atoms with Gasteiger partial charge in [-0.15, -0.1) is 0 Å². The van der Waals surface area contributed by atoms with Gasteiger partial charge >= 0.3 is 5.69 Å². The molecule has 0 radical (unpaired) electrons. The molecule has 8 nitrogen and oxygen atoms in total. The van der Waals surface area contributed by atoms with Gasteiger partial charge < -0.3 is 20.1 Å². The van der Waals surface area contributed by atoms with Gasteiger partial charge in [0.2, 0.25) is 0 Å². The molecule has 2 aliphatic rings. The molecule has 3 rings (SSSR count). The Bertz CT molecular complexity index is 727. The summed E-state index contributed by atoms with van der Waals surface area (Å²) in [4.78, 5) is 25.4. The Morgan fingerprint density at radius 2 is 2.00 bits per heavy atom. The summed E-state index contributed by atoms with van der Waals surface area (Å²) in [7, 11) is 0. The largest absolute Gasteiger partial charge is 0.394 e. The van der Waals surface area contributed by atoms with Crippen molar-refractivity contribution in [2.75, 3.05) is 6.61 Å². The van der Waals surface area contributed by atoms with E-state index in [0.29, 0.717) is 0 Å². The smallest absolute Gasteiger partial charge is 0.330 e. The van der Waals surface area contributed by atoms with Gasteiger partial charge in [-0.25, -0.2) is 4.79 Å². The SMILES string of the molecule is CC1(C)[C@]2(O)[C@H](n3cc(Br)c(=O)[nH]c3=O)O[C@H](CO)[C@]12O. The van der Waals surface area contributed by atoms with Crippen LogP contribution in [0.15, 0.2) is 20.3 Å². The van der Waals surface area contributed by atoms with E-state index in [4.69, 9.17) is 4.74 Å². The van der Waals surface area contributed by atoms with Crippen LogP contribution in [0.2, 0.25) is 0 Å². The van der Waals surface area contributed by atoms with Crippen LogP contribution in [0.25, 0.3) is 0 Å². The van der Waals surface area contributed by atoms with Gasteiger partial charge in [0, 0.05) is 11.6 Å².